The lowest BCUT2D eigenvalue weighted by atomic mass is 9.97. The maximum atomic E-state index is 11.4. The van der Waals surface area contributed by atoms with Gasteiger partial charge in [-0.3, -0.25) is 9.59 Å². The Hall–Kier alpha value is -2.34. The third-order valence-corrected chi connectivity index (χ3v) is 3.92. The smallest absolute Gasteiger partial charge is 0.303 e. The van der Waals surface area contributed by atoms with Gasteiger partial charge in [0.05, 0.1) is 19.3 Å². The highest BCUT2D eigenvalue weighted by molar-refractivity contribution is 5.67. The van der Waals surface area contributed by atoms with Crippen LogP contribution in [0.15, 0.2) is 30.3 Å². The van der Waals surface area contributed by atoms with Crippen molar-refractivity contribution in [1.82, 2.24) is 0 Å². The van der Waals surface area contributed by atoms with Crippen molar-refractivity contribution in [1.29, 1.82) is 0 Å². The number of rotatable bonds is 5. The zero-order chi connectivity index (χ0) is 18.4. The van der Waals surface area contributed by atoms with Crippen molar-refractivity contribution >= 4 is 18.0 Å². The second kappa shape index (κ2) is 8.67. The molecule has 136 valence electrons. The van der Waals surface area contributed by atoms with Crippen molar-refractivity contribution in [2.24, 2.45) is 0 Å². The molecule has 4 atom stereocenters. The van der Waals surface area contributed by atoms with Crippen molar-refractivity contribution in [2.45, 2.75) is 51.6 Å². The van der Waals surface area contributed by atoms with Crippen LogP contribution in [-0.2, 0) is 23.8 Å². The van der Waals surface area contributed by atoms with Crippen LogP contribution in [0.1, 0.15) is 32.8 Å². The number of methoxy groups -OCH3 is 1. The zero-order valence-electron chi connectivity index (χ0n) is 14.9. The zero-order valence-corrected chi connectivity index (χ0v) is 14.9. The summed E-state index contributed by atoms with van der Waals surface area (Å²) in [5, 5.41) is 0. The first kappa shape index (κ1) is 19.0. The maximum Gasteiger partial charge on any atom is 0.303 e. The molecule has 0 aromatic heterocycles. The molecule has 0 bridgehead atoms. The SMILES string of the molecule is COc1ccc(/C=C/[C@H]2C[C@H](OC(C)=O)[C@@H](OC(C)=O)[C@H](C)O2)cc1. The lowest BCUT2D eigenvalue weighted by Gasteiger charge is -2.38. The molecule has 1 fully saturated rings. The highest BCUT2D eigenvalue weighted by Crippen LogP contribution is 2.27. The van der Waals surface area contributed by atoms with Crippen LogP contribution in [0, 0.1) is 0 Å². The van der Waals surface area contributed by atoms with Crippen LogP contribution < -0.4 is 4.74 Å². The van der Waals surface area contributed by atoms with Gasteiger partial charge in [-0.25, -0.2) is 0 Å². The standard InChI is InChI=1S/C19H24O6/c1-12-19(25-14(3)21)18(24-13(2)20)11-17(23-12)10-7-15-5-8-16(22-4)9-6-15/h5-10,12,17-19H,11H2,1-4H3/b10-7+/t12-,17-,18-,19-/m0/s1. The van der Waals surface area contributed by atoms with E-state index in [1.165, 1.54) is 13.8 Å². The third kappa shape index (κ3) is 5.60. The van der Waals surface area contributed by atoms with Gasteiger partial charge in [-0.15, -0.1) is 0 Å². The summed E-state index contributed by atoms with van der Waals surface area (Å²) < 4.78 is 21.6. The van der Waals surface area contributed by atoms with Crippen LogP contribution in [0.3, 0.4) is 0 Å². The molecule has 1 aromatic carbocycles. The largest absolute Gasteiger partial charge is 0.497 e. The molecule has 0 amide bonds. The first-order chi connectivity index (χ1) is 11.9. The van der Waals surface area contributed by atoms with Gasteiger partial charge in [-0.05, 0) is 24.6 Å². The molecule has 25 heavy (non-hydrogen) atoms. The number of esters is 2. The van der Waals surface area contributed by atoms with E-state index in [9.17, 15) is 9.59 Å². The Balaban J connectivity index is 2.07. The van der Waals surface area contributed by atoms with Gasteiger partial charge in [0.2, 0.25) is 0 Å². The highest BCUT2D eigenvalue weighted by Gasteiger charge is 2.39. The normalized spacial score (nSPS) is 26.2. The Labute approximate surface area is 147 Å². The number of hydrogen-bond acceptors (Lipinski definition) is 6. The number of carbonyl (C=O) groups excluding carboxylic acids is 2. The molecule has 0 aliphatic carbocycles. The van der Waals surface area contributed by atoms with E-state index in [4.69, 9.17) is 18.9 Å². The highest BCUT2D eigenvalue weighted by atomic mass is 16.6. The molecular formula is C19H24O6. The Morgan fingerprint density at radius 3 is 2.32 bits per heavy atom. The van der Waals surface area contributed by atoms with E-state index in [-0.39, 0.29) is 12.2 Å². The first-order valence-corrected chi connectivity index (χ1v) is 8.21. The second-order valence-corrected chi connectivity index (χ2v) is 5.97. The van der Waals surface area contributed by atoms with Crippen molar-refractivity contribution in [2.75, 3.05) is 7.11 Å². The fourth-order valence-electron chi connectivity index (χ4n) is 2.82. The van der Waals surface area contributed by atoms with Crippen LogP contribution in [0.25, 0.3) is 6.08 Å². The summed E-state index contributed by atoms with van der Waals surface area (Å²) in [5.74, 6) is -0.0437. The van der Waals surface area contributed by atoms with Crippen molar-refractivity contribution in [3.8, 4) is 5.75 Å². The number of ether oxygens (including phenoxy) is 4. The molecule has 0 N–H and O–H groups in total. The third-order valence-electron chi connectivity index (χ3n) is 3.92. The summed E-state index contributed by atoms with van der Waals surface area (Å²) in [6.07, 6.45) is 2.52. The van der Waals surface area contributed by atoms with Crippen LogP contribution in [0.2, 0.25) is 0 Å². The van der Waals surface area contributed by atoms with Gasteiger partial charge in [0, 0.05) is 20.3 Å². The van der Waals surface area contributed by atoms with E-state index in [0.717, 1.165) is 11.3 Å². The quantitative estimate of drug-likeness (QED) is 0.762. The monoisotopic (exact) mass is 348 g/mol. The van der Waals surface area contributed by atoms with Crippen LogP contribution in [0.4, 0.5) is 0 Å². The van der Waals surface area contributed by atoms with Gasteiger partial charge < -0.3 is 18.9 Å². The molecular weight excluding hydrogens is 324 g/mol. The molecule has 6 nitrogen and oxygen atoms in total. The van der Waals surface area contributed by atoms with Gasteiger partial charge in [-0.2, -0.15) is 0 Å². The summed E-state index contributed by atoms with van der Waals surface area (Å²) in [6.45, 7) is 4.47. The fraction of sp³-hybridized carbons (Fsp3) is 0.474. The van der Waals surface area contributed by atoms with E-state index in [1.807, 2.05) is 36.4 Å². The number of benzene rings is 1. The van der Waals surface area contributed by atoms with Gasteiger partial charge in [0.25, 0.3) is 0 Å². The van der Waals surface area contributed by atoms with Gasteiger partial charge in [-0.1, -0.05) is 24.3 Å². The molecule has 1 aromatic rings. The molecule has 2 rings (SSSR count). The molecule has 1 aliphatic rings. The number of hydrogen-bond donors (Lipinski definition) is 0. The molecule has 0 unspecified atom stereocenters. The van der Waals surface area contributed by atoms with E-state index in [2.05, 4.69) is 0 Å². The average Bonchev–Trinajstić information content (AvgIpc) is 2.56. The van der Waals surface area contributed by atoms with Crippen molar-refractivity contribution in [3.63, 3.8) is 0 Å². The average molecular weight is 348 g/mol. The molecule has 0 saturated carbocycles. The van der Waals surface area contributed by atoms with E-state index >= 15 is 0 Å². The molecule has 0 radical (unpaired) electrons. The maximum absolute atomic E-state index is 11.4. The summed E-state index contributed by atoms with van der Waals surface area (Å²) >= 11 is 0. The van der Waals surface area contributed by atoms with E-state index in [1.54, 1.807) is 14.0 Å². The van der Waals surface area contributed by atoms with E-state index < -0.39 is 24.1 Å². The lowest BCUT2D eigenvalue weighted by molar-refractivity contribution is -0.198. The van der Waals surface area contributed by atoms with Gasteiger partial charge in [0.1, 0.15) is 11.9 Å². The van der Waals surface area contributed by atoms with Gasteiger partial charge >= 0.3 is 11.9 Å². The molecule has 6 heteroatoms. The Kier molecular flexibility index (Phi) is 6.58. The Morgan fingerprint density at radius 1 is 1.12 bits per heavy atom. The van der Waals surface area contributed by atoms with Gasteiger partial charge in [0.15, 0.2) is 6.10 Å². The van der Waals surface area contributed by atoms with Crippen LogP contribution in [-0.4, -0.2) is 43.5 Å². The number of carbonyl (C=O) groups is 2. The predicted molar refractivity (Wildman–Crippen MR) is 92.1 cm³/mol. The summed E-state index contributed by atoms with van der Waals surface area (Å²) in [4.78, 5) is 22.7. The first-order valence-electron chi connectivity index (χ1n) is 8.21. The van der Waals surface area contributed by atoms with Crippen LogP contribution >= 0.6 is 0 Å². The topological polar surface area (TPSA) is 71.1 Å². The molecule has 0 spiro atoms. The minimum absolute atomic E-state index is 0.242. The summed E-state index contributed by atoms with van der Waals surface area (Å²) in [5.41, 5.74) is 1.00. The minimum atomic E-state index is -0.605. The summed E-state index contributed by atoms with van der Waals surface area (Å²) in [6, 6.07) is 7.63. The Morgan fingerprint density at radius 2 is 1.76 bits per heavy atom. The van der Waals surface area contributed by atoms with Crippen molar-refractivity contribution < 1.29 is 28.5 Å². The molecule has 1 saturated heterocycles. The fourth-order valence-corrected chi connectivity index (χ4v) is 2.82. The predicted octanol–water partition coefficient (Wildman–Crippen LogP) is 2.75. The van der Waals surface area contributed by atoms with Crippen molar-refractivity contribution in [3.05, 3.63) is 35.9 Å². The molecule has 1 aliphatic heterocycles. The lowest BCUT2D eigenvalue weighted by Crippen LogP contribution is -2.50. The van der Waals surface area contributed by atoms with E-state index in [0.29, 0.717) is 6.42 Å². The second-order valence-electron chi connectivity index (χ2n) is 5.97. The Bertz CT molecular complexity index is 621. The molecule has 1 heterocycles. The summed E-state index contributed by atoms with van der Waals surface area (Å²) in [7, 11) is 1.62. The van der Waals surface area contributed by atoms with Crippen LogP contribution in [0.5, 0.6) is 5.75 Å². The minimum Gasteiger partial charge on any atom is -0.497 e.